The van der Waals surface area contributed by atoms with E-state index in [9.17, 15) is 27.9 Å². The average Bonchev–Trinajstić information content (AvgIpc) is 3.33. The standard InChI is InChI=1S/C26H30F3N3O3S/c1-4-6-12-31(13-7-5-2)19-10-8-18(9-11-19)22-14-17(3)21(36-22)15-20-23(25(34)35)30-32(24(20)33)16-26(27,28)29/h8-11,14-15H,4-7,12-13,16H2,1-3H3,(H,34,35)/b20-15-. The summed E-state index contributed by atoms with van der Waals surface area (Å²) < 4.78 is 38.4. The molecule has 3 rings (SSSR count). The molecule has 0 radical (unpaired) electrons. The Morgan fingerprint density at radius 2 is 1.75 bits per heavy atom. The van der Waals surface area contributed by atoms with Gasteiger partial charge in [0, 0.05) is 28.5 Å². The second-order valence-electron chi connectivity index (χ2n) is 8.69. The maximum atomic E-state index is 12.8. The number of halogens is 3. The largest absolute Gasteiger partial charge is 0.476 e. The molecule has 1 aromatic heterocycles. The van der Waals surface area contributed by atoms with Gasteiger partial charge in [-0.1, -0.05) is 38.8 Å². The third-order valence-corrected chi connectivity index (χ3v) is 7.02. The molecule has 1 aliphatic heterocycles. The van der Waals surface area contributed by atoms with E-state index in [4.69, 9.17) is 0 Å². The van der Waals surface area contributed by atoms with Crippen molar-refractivity contribution in [3.63, 3.8) is 0 Å². The molecule has 0 saturated heterocycles. The number of nitrogens with zero attached hydrogens (tertiary/aromatic N) is 3. The number of hydrogen-bond donors (Lipinski definition) is 1. The van der Waals surface area contributed by atoms with Gasteiger partial charge in [0.15, 0.2) is 5.71 Å². The molecule has 0 saturated carbocycles. The summed E-state index contributed by atoms with van der Waals surface area (Å²) in [5, 5.41) is 13.0. The first kappa shape index (κ1) is 27.4. The molecule has 36 heavy (non-hydrogen) atoms. The number of rotatable bonds is 11. The van der Waals surface area contributed by atoms with Crippen LogP contribution in [0.3, 0.4) is 0 Å². The normalized spacial score (nSPS) is 15.1. The molecular formula is C26H30F3N3O3S. The van der Waals surface area contributed by atoms with E-state index in [2.05, 4.69) is 36.0 Å². The van der Waals surface area contributed by atoms with Gasteiger partial charge in [0.05, 0.1) is 5.57 Å². The fourth-order valence-electron chi connectivity index (χ4n) is 3.84. The van der Waals surface area contributed by atoms with Crippen LogP contribution in [0.2, 0.25) is 0 Å². The number of thiophene rings is 1. The van der Waals surface area contributed by atoms with Crippen LogP contribution in [0, 0.1) is 6.92 Å². The highest BCUT2D eigenvalue weighted by atomic mass is 32.1. The zero-order chi connectivity index (χ0) is 26.5. The fourth-order valence-corrected chi connectivity index (χ4v) is 4.97. The molecule has 2 aromatic rings. The van der Waals surface area contributed by atoms with Crippen molar-refractivity contribution < 1.29 is 27.9 Å². The monoisotopic (exact) mass is 521 g/mol. The molecule has 0 spiro atoms. The summed E-state index contributed by atoms with van der Waals surface area (Å²) in [7, 11) is 0. The minimum atomic E-state index is -4.70. The Kier molecular flexibility index (Phi) is 8.94. The number of aryl methyl sites for hydroxylation is 1. The van der Waals surface area contributed by atoms with Gasteiger partial charge in [-0.05, 0) is 55.2 Å². The smallest absolute Gasteiger partial charge is 0.408 e. The van der Waals surface area contributed by atoms with Crippen molar-refractivity contribution in [1.29, 1.82) is 0 Å². The number of carboxylic acids is 1. The van der Waals surface area contributed by atoms with Crippen molar-refractivity contribution in [2.24, 2.45) is 5.10 Å². The highest BCUT2D eigenvalue weighted by molar-refractivity contribution is 7.16. The summed E-state index contributed by atoms with van der Waals surface area (Å²) in [5.41, 5.74) is 1.85. The summed E-state index contributed by atoms with van der Waals surface area (Å²) in [4.78, 5) is 28.0. The molecule has 1 aliphatic rings. The van der Waals surface area contributed by atoms with E-state index in [1.165, 1.54) is 17.4 Å². The van der Waals surface area contributed by atoms with Gasteiger partial charge in [0.1, 0.15) is 6.54 Å². The van der Waals surface area contributed by atoms with Crippen LogP contribution in [-0.2, 0) is 9.59 Å². The Hall–Kier alpha value is -3.14. The number of aliphatic carboxylic acids is 1. The topological polar surface area (TPSA) is 73.2 Å². The van der Waals surface area contributed by atoms with Crippen molar-refractivity contribution in [1.82, 2.24) is 5.01 Å². The van der Waals surface area contributed by atoms with Crippen LogP contribution < -0.4 is 4.90 Å². The van der Waals surface area contributed by atoms with Crippen LogP contribution in [0.4, 0.5) is 18.9 Å². The summed E-state index contributed by atoms with van der Waals surface area (Å²) in [6.07, 6.45) is 1.11. The zero-order valence-electron chi connectivity index (χ0n) is 20.6. The Morgan fingerprint density at radius 3 is 2.28 bits per heavy atom. The minimum Gasteiger partial charge on any atom is -0.476 e. The third-order valence-electron chi connectivity index (χ3n) is 5.78. The first-order valence-corrected chi connectivity index (χ1v) is 12.7. The second kappa shape index (κ2) is 11.7. The predicted octanol–water partition coefficient (Wildman–Crippen LogP) is 6.36. The van der Waals surface area contributed by atoms with Crippen LogP contribution in [0.1, 0.15) is 50.0 Å². The lowest BCUT2D eigenvalue weighted by molar-refractivity contribution is -0.157. The number of carboxylic acid groups (broad SMARTS) is 1. The predicted molar refractivity (Wildman–Crippen MR) is 137 cm³/mol. The first-order valence-electron chi connectivity index (χ1n) is 11.9. The molecule has 0 atom stereocenters. The summed E-state index contributed by atoms with van der Waals surface area (Å²) in [6, 6.07) is 10.1. The molecule has 6 nitrogen and oxygen atoms in total. The highest BCUT2D eigenvalue weighted by Crippen LogP contribution is 2.35. The molecule has 2 heterocycles. The van der Waals surface area contributed by atoms with Crippen LogP contribution in [-0.4, -0.2) is 53.5 Å². The van der Waals surface area contributed by atoms with Crippen LogP contribution in [0.15, 0.2) is 41.0 Å². The van der Waals surface area contributed by atoms with Gasteiger partial charge >= 0.3 is 12.1 Å². The van der Waals surface area contributed by atoms with Crippen molar-refractivity contribution in [3.8, 4) is 10.4 Å². The molecule has 1 N–H and O–H groups in total. The molecular weight excluding hydrogens is 491 g/mol. The number of carbonyl (C=O) groups is 2. The minimum absolute atomic E-state index is 0.153. The lowest BCUT2D eigenvalue weighted by atomic mass is 10.1. The summed E-state index contributed by atoms with van der Waals surface area (Å²) in [5.74, 6) is -2.64. The quantitative estimate of drug-likeness (QED) is 0.349. The molecule has 0 unspecified atom stereocenters. The van der Waals surface area contributed by atoms with Gasteiger partial charge in [-0.25, -0.2) is 9.80 Å². The van der Waals surface area contributed by atoms with E-state index in [1.807, 2.05) is 25.1 Å². The maximum Gasteiger partial charge on any atom is 0.408 e. The molecule has 0 fully saturated rings. The number of carbonyl (C=O) groups excluding carboxylic acids is 1. The van der Waals surface area contributed by atoms with Crippen LogP contribution in [0.5, 0.6) is 0 Å². The van der Waals surface area contributed by atoms with Gasteiger partial charge in [-0.15, -0.1) is 11.3 Å². The van der Waals surface area contributed by atoms with Crippen LogP contribution in [0.25, 0.3) is 16.5 Å². The Labute approximate surface area is 212 Å². The van der Waals surface area contributed by atoms with Gasteiger partial charge in [-0.3, -0.25) is 4.79 Å². The van der Waals surface area contributed by atoms with Crippen molar-refractivity contribution in [2.45, 2.75) is 52.6 Å². The number of amides is 1. The van der Waals surface area contributed by atoms with E-state index >= 15 is 0 Å². The van der Waals surface area contributed by atoms with E-state index in [-0.39, 0.29) is 10.6 Å². The lowest BCUT2D eigenvalue weighted by Crippen LogP contribution is -2.32. The third kappa shape index (κ3) is 6.75. The van der Waals surface area contributed by atoms with Crippen molar-refractivity contribution in [2.75, 3.05) is 24.5 Å². The molecule has 0 bridgehead atoms. The number of hydrazone groups is 1. The number of alkyl halides is 3. The van der Waals surface area contributed by atoms with E-state index in [0.717, 1.165) is 60.5 Å². The SMILES string of the molecule is CCCCN(CCCC)c1ccc(-c2cc(C)c(/C=C3\C(=O)N(CC(F)(F)F)N=C3C(=O)O)s2)cc1. The Balaban J connectivity index is 1.86. The van der Waals surface area contributed by atoms with E-state index in [0.29, 0.717) is 4.88 Å². The Morgan fingerprint density at radius 1 is 1.14 bits per heavy atom. The van der Waals surface area contributed by atoms with Crippen LogP contribution >= 0.6 is 11.3 Å². The molecule has 10 heteroatoms. The molecule has 1 amide bonds. The number of benzene rings is 1. The highest BCUT2D eigenvalue weighted by Gasteiger charge is 2.40. The molecule has 194 valence electrons. The van der Waals surface area contributed by atoms with E-state index < -0.39 is 30.3 Å². The number of anilines is 1. The van der Waals surface area contributed by atoms with Gasteiger partial charge in [0.2, 0.25) is 0 Å². The molecule has 0 aliphatic carbocycles. The van der Waals surface area contributed by atoms with Gasteiger partial charge < -0.3 is 10.0 Å². The second-order valence-corrected chi connectivity index (χ2v) is 9.77. The van der Waals surface area contributed by atoms with Gasteiger partial charge in [0.25, 0.3) is 5.91 Å². The zero-order valence-corrected chi connectivity index (χ0v) is 21.4. The Bertz CT molecular complexity index is 1150. The number of unbranched alkanes of at least 4 members (excludes halogenated alkanes) is 2. The van der Waals surface area contributed by atoms with E-state index in [1.54, 1.807) is 0 Å². The first-order chi connectivity index (χ1) is 17.0. The fraction of sp³-hybridized carbons (Fsp3) is 0.423. The molecule has 1 aromatic carbocycles. The van der Waals surface area contributed by atoms with Crippen molar-refractivity contribution in [3.05, 3.63) is 46.3 Å². The number of hydrogen-bond acceptors (Lipinski definition) is 5. The van der Waals surface area contributed by atoms with Crippen molar-refractivity contribution >= 4 is 40.7 Å². The summed E-state index contributed by atoms with van der Waals surface area (Å²) in [6.45, 7) is 6.50. The maximum absolute atomic E-state index is 12.8. The van der Waals surface area contributed by atoms with Gasteiger partial charge in [-0.2, -0.15) is 18.3 Å². The summed E-state index contributed by atoms with van der Waals surface area (Å²) >= 11 is 1.34. The average molecular weight is 522 g/mol. The lowest BCUT2D eigenvalue weighted by Gasteiger charge is -2.24.